The first-order valence-corrected chi connectivity index (χ1v) is 7.85. The Morgan fingerprint density at radius 3 is 2.67 bits per heavy atom. The van der Waals surface area contributed by atoms with Crippen molar-refractivity contribution in [2.45, 2.75) is 25.4 Å². The molecule has 2 N–H and O–H groups in total. The van der Waals surface area contributed by atoms with Gasteiger partial charge in [0.25, 0.3) is 0 Å². The molecular formula is C16H24N2O3. The smallest absolute Gasteiger partial charge is 0.163 e. The van der Waals surface area contributed by atoms with E-state index in [0.29, 0.717) is 19.8 Å². The van der Waals surface area contributed by atoms with Gasteiger partial charge in [-0.2, -0.15) is 0 Å². The summed E-state index contributed by atoms with van der Waals surface area (Å²) in [4.78, 5) is 2.32. The molecule has 1 fully saturated rings. The molecule has 1 atom stereocenters. The highest BCUT2D eigenvalue weighted by molar-refractivity contribution is 5.55. The van der Waals surface area contributed by atoms with E-state index < -0.39 is 0 Å². The Bertz CT molecular complexity index is 461. The van der Waals surface area contributed by atoms with Gasteiger partial charge in [0.2, 0.25) is 0 Å². The number of fused-ring (bicyclic) bond motifs is 1. The van der Waals surface area contributed by atoms with Crippen LogP contribution in [0.5, 0.6) is 11.5 Å². The van der Waals surface area contributed by atoms with Gasteiger partial charge in [-0.25, -0.2) is 0 Å². The molecule has 1 saturated heterocycles. The summed E-state index contributed by atoms with van der Waals surface area (Å²) in [5, 5.41) is 13.4. The molecule has 0 aromatic heterocycles. The van der Waals surface area contributed by atoms with Crippen LogP contribution in [-0.4, -0.2) is 55.5 Å². The Hall–Kier alpha value is -1.46. The molecule has 0 radical (unpaired) electrons. The van der Waals surface area contributed by atoms with E-state index in [1.54, 1.807) is 0 Å². The Labute approximate surface area is 125 Å². The van der Waals surface area contributed by atoms with Crippen molar-refractivity contribution in [1.29, 1.82) is 0 Å². The summed E-state index contributed by atoms with van der Waals surface area (Å²) in [6.07, 6.45) is 3.07. The quantitative estimate of drug-likeness (QED) is 0.865. The van der Waals surface area contributed by atoms with Crippen LogP contribution in [0.4, 0.5) is 5.69 Å². The van der Waals surface area contributed by atoms with Gasteiger partial charge in [0.05, 0.1) is 19.3 Å². The zero-order chi connectivity index (χ0) is 14.5. The van der Waals surface area contributed by atoms with Crippen molar-refractivity contribution in [2.75, 3.05) is 44.7 Å². The van der Waals surface area contributed by atoms with Gasteiger partial charge < -0.3 is 24.8 Å². The molecule has 2 aliphatic rings. The number of β-amino-alcohol motifs (C(OH)–C–C–N with tert-alkyl or cyclic N) is 1. The monoisotopic (exact) mass is 292 g/mol. The first-order valence-electron chi connectivity index (χ1n) is 7.85. The van der Waals surface area contributed by atoms with Gasteiger partial charge in [-0.05, 0) is 38.1 Å². The van der Waals surface area contributed by atoms with Gasteiger partial charge in [0.1, 0.15) is 0 Å². The lowest BCUT2D eigenvalue weighted by atomic mass is 10.2. The highest BCUT2D eigenvalue weighted by Crippen LogP contribution is 2.32. The number of nitrogens with zero attached hydrogens (tertiary/aromatic N) is 1. The maximum Gasteiger partial charge on any atom is 0.163 e. The zero-order valence-corrected chi connectivity index (χ0v) is 12.4. The van der Waals surface area contributed by atoms with Gasteiger partial charge >= 0.3 is 0 Å². The maximum absolute atomic E-state index is 10.1. The molecule has 2 aliphatic heterocycles. The van der Waals surface area contributed by atoms with Crippen molar-refractivity contribution in [3.8, 4) is 11.5 Å². The van der Waals surface area contributed by atoms with Crippen LogP contribution in [0.25, 0.3) is 0 Å². The number of nitrogens with one attached hydrogen (secondary N) is 1. The molecule has 0 saturated carbocycles. The van der Waals surface area contributed by atoms with E-state index in [1.807, 2.05) is 18.2 Å². The largest absolute Gasteiger partial charge is 0.490 e. The van der Waals surface area contributed by atoms with Gasteiger partial charge in [-0.3, -0.25) is 0 Å². The number of ether oxygens (including phenoxy) is 2. The summed E-state index contributed by atoms with van der Waals surface area (Å²) < 4.78 is 11.3. The molecule has 21 heavy (non-hydrogen) atoms. The second kappa shape index (κ2) is 7.00. The van der Waals surface area contributed by atoms with E-state index in [4.69, 9.17) is 9.47 Å². The lowest BCUT2D eigenvalue weighted by Crippen LogP contribution is -2.34. The van der Waals surface area contributed by atoms with E-state index >= 15 is 0 Å². The molecule has 5 heteroatoms. The highest BCUT2D eigenvalue weighted by Gasteiger charge is 2.16. The fourth-order valence-corrected chi connectivity index (χ4v) is 2.84. The van der Waals surface area contributed by atoms with Crippen LogP contribution < -0.4 is 14.8 Å². The molecule has 1 aromatic carbocycles. The molecule has 0 amide bonds. The van der Waals surface area contributed by atoms with E-state index in [9.17, 15) is 5.11 Å². The van der Waals surface area contributed by atoms with Crippen molar-refractivity contribution in [2.24, 2.45) is 0 Å². The summed E-state index contributed by atoms with van der Waals surface area (Å²) >= 11 is 0. The van der Waals surface area contributed by atoms with Crippen LogP contribution in [0.1, 0.15) is 19.3 Å². The lowest BCUT2D eigenvalue weighted by molar-refractivity contribution is 0.135. The van der Waals surface area contributed by atoms with Crippen molar-refractivity contribution >= 4 is 5.69 Å². The molecule has 116 valence electrons. The molecule has 3 rings (SSSR count). The number of likely N-dealkylation sites (tertiary alicyclic amines) is 1. The molecule has 2 heterocycles. The van der Waals surface area contributed by atoms with E-state index in [0.717, 1.165) is 43.2 Å². The summed E-state index contributed by atoms with van der Waals surface area (Å²) in [5.41, 5.74) is 0.958. The first-order chi connectivity index (χ1) is 10.3. The van der Waals surface area contributed by atoms with Gasteiger partial charge in [-0.1, -0.05) is 0 Å². The van der Waals surface area contributed by atoms with Crippen LogP contribution in [0, 0.1) is 0 Å². The third kappa shape index (κ3) is 4.02. The topological polar surface area (TPSA) is 54.0 Å². The highest BCUT2D eigenvalue weighted by atomic mass is 16.5. The summed E-state index contributed by atoms with van der Waals surface area (Å²) in [6.45, 7) is 4.91. The van der Waals surface area contributed by atoms with Crippen molar-refractivity contribution in [3.05, 3.63) is 18.2 Å². The minimum atomic E-state index is -0.348. The predicted octanol–water partition coefficient (Wildman–Crippen LogP) is 1.72. The van der Waals surface area contributed by atoms with Gasteiger partial charge in [-0.15, -0.1) is 0 Å². The number of hydrogen-bond acceptors (Lipinski definition) is 5. The predicted molar refractivity (Wildman–Crippen MR) is 82.2 cm³/mol. The number of aliphatic hydroxyl groups excluding tert-OH is 1. The Morgan fingerprint density at radius 2 is 1.86 bits per heavy atom. The van der Waals surface area contributed by atoms with E-state index in [-0.39, 0.29) is 6.10 Å². The van der Waals surface area contributed by atoms with Crippen molar-refractivity contribution in [1.82, 2.24) is 4.90 Å². The molecule has 0 bridgehead atoms. The number of rotatable bonds is 5. The first kappa shape index (κ1) is 14.5. The van der Waals surface area contributed by atoms with Crippen LogP contribution in [-0.2, 0) is 0 Å². The average molecular weight is 292 g/mol. The van der Waals surface area contributed by atoms with Crippen molar-refractivity contribution in [3.63, 3.8) is 0 Å². The van der Waals surface area contributed by atoms with Gasteiger partial charge in [0.15, 0.2) is 11.5 Å². The molecular weight excluding hydrogens is 268 g/mol. The maximum atomic E-state index is 10.1. The van der Waals surface area contributed by atoms with Crippen LogP contribution in [0.3, 0.4) is 0 Å². The fourth-order valence-electron chi connectivity index (χ4n) is 2.84. The van der Waals surface area contributed by atoms with Crippen LogP contribution in [0.2, 0.25) is 0 Å². The normalized spacial score (nSPS) is 20.0. The SMILES string of the molecule is OC(CNc1ccc2c(c1)OCCCO2)CN1CCCC1. The Balaban J connectivity index is 1.51. The number of benzene rings is 1. The molecule has 1 unspecified atom stereocenters. The van der Waals surface area contributed by atoms with Gasteiger partial charge in [0, 0.05) is 31.3 Å². The lowest BCUT2D eigenvalue weighted by Gasteiger charge is -2.20. The zero-order valence-electron chi connectivity index (χ0n) is 12.4. The third-order valence-corrected chi connectivity index (χ3v) is 3.96. The second-order valence-corrected chi connectivity index (χ2v) is 5.75. The summed E-state index contributed by atoms with van der Waals surface area (Å²) in [7, 11) is 0. The minimum absolute atomic E-state index is 0.348. The van der Waals surface area contributed by atoms with Crippen LogP contribution in [0.15, 0.2) is 18.2 Å². The third-order valence-electron chi connectivity index (χ3n) is 3.96. The molecule has 0 spiro atoms. The number of aliphatic hydroxyl groups is 1. The molecule has 0 aliphatic carbocycles. The number of anilines is 1. The summed E-state index contributed by atoms with van der Waals surface area (Å²) in [6, 6.07) is 5.84. The second-order valence-electron chi connectivity index (χ2n) is 5.75. The Morgan fingerprint density at radius 1 is 1.10 bits per heavy atom. The minimum Gasteiger partial charge on any atom is -0.490 e. The molecule has 1 aromatic rings. The standard InChI is InChI=1S/C16H24N2O3/c19-14(12-18-6-1-2-7-18)11-17-13-4-5-15-16(10-13)21-9-3-8-20-15/h4-5,10,14,17,19H,1-3,6-9,11-12H2. The fraction of sp³-hybridized carbons (Fsp3) is 0.625. The van der Waals surface area contributed by atoms with Crippen LogP contribution >= 0.6 is 0 Å². The van der Waals surface area contributed by atoms with E-state index in [1.165, 1.54) is 12.8 Å². The van der Waals surface area contributed by atoms with Crippen molar-refractivity contribution < 1.29 is 14.6 Å². The Kier molecular flexibility index (Phi) is 4.83. The molecule has 5 nitrogen and oxygen atoms in total. The average Bonchev–Trinajstić information content (AvgIpc) is 2.88. The number of hydrogen-bond donors (Lipinski definition) is 2. The summed E-state index contributed by atoms with van der Waals surface area (Å²) in [5.74, 6) is 1.59. The van der Waals surface area contributed by atoms with E-state index in [2.05, 4.69) is 10.2 Å².